The first-order valence-electron chi connectivity index (χ1n) is 9.10. The van der Waals surface area contributed by atoms with Crippen molar-refractivity contribution < 1.29 is 19.0 Å². The average Bonchev–Trinajstić information content (AvgIpc) is 2.74. The number of hydrogen-bond donors (Lipinski definition) is 1. The van der Waals surface area contributed by atoms with E-state index in [1.807, 2.05) is 18.2 Å². The predicted octanol–water partition coefficient (Wildman–Crippen LogP) is 2.51. The molecule has 1 atom stereocenters. The Morgan fingerprint density at radius 3 is 2.52 bits per heavy atom. The van der Waals surface area contributed by atoms with Gasteiger partial charge < -0.3 is 19.5 Å². The average molecular weight is 370 g/mol. The van der Waals surface area contributed by atoms with Gasteiger partial charge in [0.15, 0.2) is 0 Å². The van der Waals surface area contributed by atoms with Crippen LogP contribution in [0.5, 0.6) is 11.5 Å². The lowest BCUT2D eigenvalue weighted by Crippen LogP contribution is -2.42. The van der Waals surface area contributed by atoms with Gasteiger partial charge in [0.1, 0.15) is 11.5 Å². The van der Waals surface area contributed by atoms with Crippen molar-refractivity contribution in [3.8, 4) is 11.5 Å². The fourth-order valence-electron chi connectivity index (χ4n) is 3.14. The Labute approximate surface area is 160 Å². The van der Waals surface area contributed by atoms with Gasteiger partial charge in [-0.15, -0.1) is 0 Å². The fraction of sp³-hybridized carbons (Fsp3) is 0.381. The minimum atomic E-state index is -0.139. The van der Waals surface area contributed by atoms with E-state index in [0.717, 1.165) is 19.6 Å². The summed E-state index contributed by atoms with van der Waals surface area (Å²) in [6, 6.07) is 15.4. The third-order valence-electron chi connectivity index (χ3n) is 4.65. The van der Waals surface area contributed by atoms with Gasteiger partial charge in [-0.25, -0.2) is 0 Å². The minimum Gasteiger partial charge on any atom is -0.497 e. The van der Waals surface area contributed by atoms with Gasteiger partial charge in [0, 0.05) is 37.8 Å². The van der Waals surface area contributed by atoms with Crippen molar-refractivity contribution in [2.24, 2.45) is 0 Å². The van der Waals surface area contributed by atoms with Crippen LogP contribution < -0.4 is 14.8 Å². The van der Waals surface area contributed by atoms with E-state index in [1.165, 1.54) is 5.56 Å². The third-order valence-corrected chi connectivity index (χ3v) is 4.65. The Morgan fingerprint density at radius 2 is 1.85 bits per heavy atom. The van der Waals surface area contributed by atoms with Crippen molar-refractivity contribution in [3.63, 3.8) is 0 Å². The number of benzene rings is 2. The number of rotatable bonds is 7. The molecule has 6 nitrogen and oxygen atoms in total. The number of carbonyl (C=O) groups is 1. The maximum Gasteiger partial charge on any atom is 0.251 e. The van der Waals surface area contributed by atoms with Gasteiger partial charge in [-0.3, -0.25) is 9.69 Å². The quantitative estimate of drug-likeness (QED) is 0.812. The molecule has 0 bridgehead atoms. The Hall–Kier alpha value is -2.57. The van der Waals surface area contributed by atoms with Crippen LogP contribution in [-0.2, 0) is 4.74 Å². The molecule has 0 radical (unpaired) electrons. The zero-order valence-electron chi connectivity index (χ0n) is 15.8. The van der Waals surface area contributed by atoms with E-state index in [4.69, 9.17) is 14.2 Å². The number of ether oxygens (including phenoxy) is 3. The maximum atomic E-state index is 12.4. The Morgan fingerprint density at radius 1 is 1.15 bits per heavy atom. The molecule has 1 N–H and O–H groups in total. The second-order valence-electron chi connectivity index (χ2n) is 6.43. The summed E-state index contributed by atoms with van der Waals surface area (Å²) in [6.45, 7) is 3.74. The van der Waals surface area contributed by atoms with Gasteiger partial charge in [-0.2, -0.15) is 0 Å². The first-order chi connectivity index (χ1) is 13.2. The van der Waals surface area contributed by atoms with Crippen LogP contribution in [0.4, 0.5) is 0 Å². The van der Waals surface area contributed by atoms with Crippen molar-refractivity contribution in [2.75, 3.05) is 47.0 Å². The van der Waals surface area contributed by atoms with Crippen LogP contribution in [0.2, 0.25) is 0 Å². The lowest BCUT2D eigenvalue weighted by atomic mass is 10.1. The molecule has 1 unspecified atom stereocenters. The zero-order valence-corrected chi connectivity index (χ0v) is 15.8. The third kappa shape index (κ3) is 5.21. The molecular formula is C21H26N2O4. The van der Waals surface area contributed by atoms with Gasteiger partial charge in [0.05, 0.1) is 26.9 Å². The van der Waals surface area contributed by atoms with Crippen molar-refractivity contribution in [3.05, 3.63) is 59.7 Å². The molecule has 1 saturated heterocycles. The molecule has 1 heterocycles. The van der Waals surface area contributed by atoms with Gasteiger partial charge in [-0.1, -0.05) is 30.3 Å². The van der Waals surface area contributed by atoms with E-state index >= 15 is 0 Å². The summed E-state index contributed by atoms with van der Waals surface area (Å²) in [6.07, 6.45) is 0.0818. The SMILES string of the molecule is COc1cc(OC)cc(C(=O)NCCN2CCOC(c3ccccc3)C2)c1. The Bertz CT molecular complexity index is 729. The van der Waals surface area contributed by atoms with Crippen molar-refractivity contribution in [1.82, 2.24) is 10.2 Å². The van der Waals surface area contributed by atoms with Gasteiger partial charge in [-0.05, 0) is 17.7 Å². The van der Waals surface area contributed by atoms with E-state index in [1.54, 1.807) is 32.4 Å². The van der Waals surface area contributed by atoms with E-state index in [0.29, 0.717) is 30.2 Å². The lowest BCUT2D eigenvalue weighted by molar-refractivity contribution is -0.0293. The number of methoxy groups -OCH3 is 2. The van der Waals surface area contributed by atoms with Crippen LogP contribution >= 0.6 is 0 Å². The van der Waals surface area contributed by atoms with Gasteiger partial charge >= 0.3 is 0 Å². The maximum absolute atomic E-state index is 12.4. The summed E-state index contributed by atoms with van der Waals surface area (Å²) in [5, 5.41) is 2.97. The predicted molar refractivity (Wildman–Crippen MR) is 103 cm³/mol. The van der Waals surface area contributed by atoms with E-state index in [2.05, 4.69) is 22.3 Å². The monoisotopic (exact) mass is 370 g/mol. The first-order valence-corrected chi connectivity index (χ1v) is 9.10. The number of nitrogens with one attached hydrogen (secondary N) is 1. The van der Waals surface area contributed by atoms with Crippen molar-refractivity contribution in [2.45, 2.75) is 6.10 Å². The summed E-state index contributed by atoms with van der Waals surface area (Å²) >= 11 is 0. The highest BCUT2D eigenvalue weighted by Gasteiger charge is 2.21. The van der Waals surface area contributed by atoms with Crippen LogP contribution in [0, 0.1) is 0 Å². The molecule has 0 aromatic heterocycles. The van der Waals surface area contributed by atoms with Crippen LogP contribution in [0.3, 0.4) is 0 Å². The van der Waals surface area contributed by atoms with Gasteiger partial charge in [0.25, 0.3) is 5.91 Å². The minimum absolute atomic E-state index is 0.0818. The van der Waals surface area contributed by atoms with E-state index in [-0.39, 0.29) is 12.0 Å². The largest absolute Gasteiger partial charge is 0.497 e. The summed E-state index contributed by atoms with van der Waals surface area (Å²) in [5.41, 5.74) is 1.71. The number of amides is 1. The molecule has 0 saturated carbocycles. The molecule has 144 valence electrons. The summed E-state index contributed by atoms with van der Waals surface area (Å²) in [5.74, 6) is 1.05. The standard InChI is InChI=1S/C21H26N2O4/c1-25-18-12-17(13-19(14-18)26-2)21(24)22-8-9-23-10-11-27-20(15-23)16-6-4-3-5-7-16/h3-7,12-14,20H,8-11,15H2,1-2H3,(H,22,24). The highest BCUT2D eigenvalue weighted by Crippen LogP contribution is 2.23. The normalized spacial score (nSPS) is 17.3. The number of nitrogens with zero attached hydrogens (tertiary/aromatic N) is 1. The molecule has 1 aliphatic rings. The molecule has 2 aromatic rings. The summed E-state index contributed by atoms with van der Waals surface area (Å²) < 4.78 is 16.3. The molecule has 1 aliphatic heterocycles. The second-order valence-corrected chi connectivity index (χ2v) is 6.43. The lowest BCUT2D eigenvalue weighted by Gasteiger charge is -2.33. The highest BCUT2D eigenvalue weighted by atomic mass is 16.5. The topological polar surface area (TPSA) is 60.0 Å². The van der Waals surface area contributed by atoms with E-state index < -0.39 is 0 Å². The molecule has 27 heavy (non-hydrogen) atoms. The first kappa shape index (κ1) is 19.2. The van der Waals surface area contributed by atoms with E-state index in [9.17, 15) is 4.79 Å². The molecule has 1 amide bonds. The molecule has 6 heteroatoms. The molecular weight excluding hydrogens is 344 g/mol. The zero-order chi connectivity index (χ0) is 19.1. The van der Waals surface area contributed by atoms with Crippen molar-refractivity contribution in [1.29, 1.82) is 0 Å². The molecule has 3 rings (SSSR count). The van der Waals surface area contributed by atoms with Crippen molar-refractivity contribution >= 4 is 5.91 Å². The Balaban J connectivity index is 1.51. The molecule has 2 aromatic carbocycles. The molecule has 1 fully saturated rings. The number of morpholine rings is 1. The number of hydrogen-bond acceptors (Lipinski definition) is 5. The molecule has 0 spiro atoms. The van der Waals surface area contributed by atoms with Crippen LogP contribution in [-0.4, -0.2) is 57.8 Å². The van der Waals surface area contributed by atoms with Crippen LogP contribution in [0.15, 0.2) is 48.5 Å². The Kier molecular flexibility index (Phi) is 6.68. The number of carbonyl (C=O) groups excluding carboxylic acids is 1. The highest BCUT2D eigenvalue weighted by molar-refractivity contribution is 5.95. The fourth-order valence-corrected chi connectivity index (χ4v) is 3.14. The smallest absolute Gasteiger partial charge is 0.251 e. The molecule has 0 aliphatic carbocycles. The van der Waals surface area contributed by atoms with Gasteiger partial charge in [0.2, 0.25) is 0 Å². The second kappa shape index (κ2) is 9.39. The summed E-state index contributed by atoms with van der Waals surface area (Å²) in [7, 11) is 3.13. The summed E-state index contributed by atoms with van der Waals surface area (Å²) in [4.78, 5) is 14.8. The van der Waals surface area contributed by atoms with Crippen LogP contribution in [0.25, 0.3) is 0 Å². The van der Waals surface area contributed by atoms with Crippen LogP contribution in [0.1, 0.15) is 22.0 Å².